The van der Waals surface area contributed by atoms with Crippen molar-refractivity contribution in [3.8, 4) is 45.3 Å². The summed E-state index contributed by atoms with van der Waals surface area (Å²) >= 11 is 0. The third-order valence-electron chi connectivity index (χ3n) is 12.2. The Morgan fingerprint density at radius 1 is 0.460 bits per heavy atom. The second kappa shape index (κ2) is 16.0. The van der Waals surface area contributed by atoms with Crippen LogP contribution in [0.25, 0.3) is 94.5 Å². The van der Waals surface area contributed by atoms with Gasteiger partial charge in [0.2, 0.25) is 0 Å². The highest BCUT2D eigenvalue weighted by Gasteiger charge is 2.18. The molecule has 0 aliphatic carbocycles. The van der Waals surface area contributed by atoms with Crippen molar-refractivity contribution in [2.24, 2.45) is 0 Å². The van der Waals surface area contributed by atoms with Gasteiger partial charge >= 0.3 is 0 Å². The van der Waals surface area contributed by atoms with Crippen LogP contribution in [0.5, 0.6) is 0 Å². The van der Waals surface area contributed by atoms with E-state index in [0.717, 1.165) is 68.0 Å². The molecule has 0 saturated carbocycles. The van der Waals surface area contributed by atoms with E-state index in [1.807, 2.05) is 66.7 Å². The number of allylic oxidation sites excluding steroid dienone is 3. The van der Waals surface area contributed by atoms with Gasteiger partial charge in [-0.1, -0.05) is 177 Å². The molecule has 0 aliphatic rings. The second-order valence-electron chi connectivity index (χ2n) is 16.1. The van der Waals surface area contributed by atoms with Crippen LogP contribution in [0.3, 0.4) is 0 Å². The Morgan fingerprint density at radius 2 is 0.937 bits per heavy atom. The van der Waals surface area contributed by atoms with Crippen molar-refractivity contribution >= 4 is 49.2 Å². The molecule has 5 nitrogen and oxygen atoms in total. The van der Waals surface area contributed by atoms with E-state index in [0.29, 0.717) is 11.6 Å². The lowest BCUT2D eigenvalue weighted by Crippen LogP contribution is -2.06. The molecule has 11 rings (SSSR count). The number of fused-ring (bicyclic) bond motifs is 6. The van der Waals surface area contributed by atoms with Crippen molar-refractivity contribution in [1.82, 2.24) is 24.1 Å². The highest BCUT2D eigenvalue weighted by Crippen LogP contribution is 2.38. The van der Waals surface area contributed by atoms with Crippen LogP contribution in [0.1, 0.15) is 30.7 Å². The van der Waals surface area contributed by atoms with Gasteiger partial charge in [-0.05, 0) is 77.2 Å². The SMILES string of the molecule is C=C/C(=C\CC(C)c1nc(-c2ccccc2)nc(-c2ccccc2)n1)c1cccc(-n2c3ccccc3c3ccc(-c4cccc(-n5c6ccccc6c6ccccc65)c4)cc32)c1. The number of benzene rings is 8. The molecule has 0 aliphatic heterocycles. The van der Waals surface area contributed by atoms with Gasteiger partial charge in [-0.2, -0.15) is 0 Å². The predicted octanol–water partition coefficient (Wildman–Crippen LogP) is 14.8. The van der Waals surface area contributed by atoms with Gasteiger partial charge in [-0.15, -0.1) is 0 Å². The van der Waals surface area contributed by atoms with E-state index < -0.39 is 0 Å². The van der Waals surface area contributed by atoms with E-state index in [4.69, 9.17) is 15.0 Å². The summed E-state index contributed by atoms with van der Waals surface area (Å²) in [6, 6.07) is 70.9. The molecule has 0 bridgehead atoms. The maximum Gasteiger partial charge on any atom is 0.163 e. The van der Waals surface area contributed by atoms with Crippen molar-refractivity contribution in [3.63, 3.8) is 0 Å². The molecule has 300 valence electrons. The fourth-order valence-electron chi connectivity index (χ4n) is 9.05. The minimum Gasteiger partial charge on any atom is -0.309 e. The summed E-state index contributed by atoms with van der Waals surface area (Å²) in [5, 5.41) is 4.95. The molecule has 0 saturated heterocycles. The first-order valence-corrected chi connectivity index (χ1v) is 21.5. The first kappa shape index (κ1) is 37.8. The Kier molecular flexibility index (Phi) is 9.63. The molecule has 5 heteroatoms. The highest BCUT2D eigenvalue weighted by atomic mass is 15.0. The first-order valence-electron chi connectivity index (χ1n) is 21.5. The topological polar surface area (TPSA) is 48.5 Å². The van der Waals surface area contributed by atoms with E-state index in [1.165, 1.54) is 32.6 Å². The minimum absolute atomic E-state index is 0.0280. The number of hydrogen-bond donors (Lipinski definition) is 0. The van der Waals surface area contributed by atoms with Crippen molar-refractivity contribution < 1.29 is 0 Å². The Labute approximate surface area is 366 Å². The molecule has 0 N–H and O–H groups in total. The Hall–Kier alpha value is -8.15. The summed E-state index contributed by atoms with van der Waals surface area (Å²) in [5.41, 5.74) is 13.4. The smallest absolute Gasteiger partial charge is 0.163 e. The van der Waals surface area contributed by atoms with Gasteiger partial charge in [0, 0.05) is 50.0 Å². The number of rotatable bonds is 10. The fraction of sp³-hybridized carbons (Fsp3) is 0.0517. The third kappa shape index (κ3) is 6.90. The molecule has 63 heavy (non-hydrogen) atoms. The fourth-order valence-corrected chi connectivity index (χ4v) is 9.05. The number of hydrogen-bond acceptors (Lipinski definition) is 3. The zero-order chi connectivity index (χ0) is 42.3. The molecule has 1 unspecified atom stereocenters. The second-order valence-corrected chi connectivity index (χ2v) is 16.1. The Balaban J connectivity index is 0.957. The van der Waals surface area contributed by atoms with E-state index in [-0.39, 0.29) is 5.92 Å². The molecule has 11 aromatic rings. The van der Waals surface area contributed by atoms with Crippen molar-refractivity contribution in [3.05, 3.63) is 230 Å². The first-order chi connectivity index (χ1) is 31.1. The Morgan fingerprint density at radius 3 is 1.52 bits per heavy atom. The van der Waals surface area contributed by atoms with Crippen LogP contribution in [-0.4, -0.2) is 24.1 Å². The van der Waals surface area contributed by atoms with Crippen molar-refractivity contribution in [2.45, 2.75) is 19.3 Å². The van der Waals surface area contributed by atoms with Gasteiger partial charge in [-0.25, -0.2) is 15.0 Å². The molecule has 0 spiro atoms. The zero-order valence-electron chi connectivity index (χ0n) is 34.9. The summed E-state index contributed by atoms with van der Waals surface area (Å²) in [6.07, 6.45) is 4.95. The van der Waals surface area contributed by atoms with Crippen LogP contribution in [0.2, 0.25) is 0 Å². The summed E-state index contributed by atoms with van der Waals surface area (Å²) in [7, 11) is 0. The van der Waals surface area contributed by atoms with Crippen molar-refractivity contribution in [1.29, 1.82) is 0 Å². The van der Waals surface area contributed by atoms with E-state index in [2.05, 4.69) is 168 Å². The molecule has 3 aromatic heterocycles. The van der Waals surface area contributed by atoms with E-state index in [9.17, 15) is 0 Å². The lowest BCUT2D eigenvalue weighted by molar-refractivity contribution is 0.709. The van der Waals surface area contributed by atoms with Gasteiger partial charge in [0.1, 0.15) is 5.82 Å². The van der Waals surface area contributed by atoms with Gasteiger partial charge < -0.3 is 9.13 Å². The normalized spacial score (nSPS) is 12.4. The maximum absolute atomic E-state index is 5.00. The molecule has 1 atom stereocenters. The summed E-state index contributed by atoms with van der Waals surface area (Å²) in [6.45, 7) is 6.46. The molecule has 0 radical (unpaired) electrons. The number of nitrogens with zero attached hydrogens (tertiary/aromatic N) is 5. The number of para-hydroxylation sites is 3. The van der Waals surface area contributed by atoms with Crippen LogP contribution in [0, 0.1) is 0 Å². The minimum atomic E-state index is 0.0280. The van der Waals surface area contributed by atoms with Crippen LogP contribution >= 0.6 is 0 Å². The summed E-state index contributed by atoms with van der Waals surface area (Å²) < 4.78 is 4.79. The van der Waals surface area contributed by atoms with Crippen LogP contribution in [0.4, 0.5) is 0 Å². The summed E-state index contributed by atoms with van der Waals surface area (Å²) in [4.78, 5) is 14.9. The number of aromatic nitrogens is 5. The quantitative estimate of drug-likeness (QED) is 0.129. The molecule has 0 amide bonds. The van der Waals surface area contributed by atoms with Gasteiger partial charge in [-0.3, -0.25) is 0 Å². The van der Waals surface area contributed by atoms with Gasteiger partial charge in [0.15, 0.2) is 11.6 Å². The monoisotopic (exact) mass is 809 g/mol. The van der Waals surface area contributed by atoms with Gasteiger partial charge in [0.25, 0.3) is 0 Å². The lowest BCUT2D eigenvalue weighted by Gasteiger charge is -2.14. The predicted molar refractivity (Wildman–Crippen MR) is 262 cm³/mol. The van der Waals surface area contributed by atoms with E-state index in [1.54, 1.807) is 0 Å². The molecule has 8 aromatic carbocycles. The molecule has 3 heterocycles. The van der Waals surface area contributed by atoms with Crippen LogP contribution in [0.15, 0.2) is 219 Å². The summed E-state index contributed by atoms with van der Waals surface area (Å²) in [5.74, 6) is 2.15. The van der Waals surface area contributed by atoms with Crippen molar-refractivity contribution in [2.75, 3.05) is 0 Å². The van der Waals surface area contributed by atoms with Crippen LogP contribution in [-0.2, 0) is 0 Å². The standard InChI is InChI=1S/C58H43N5/c1-3-40(33-32-39(2)56-59-57(41-18-6-4-7-19-41)61-58(60-56)42-20-8-5-9-21-42)43-22-16-25-47(36-43)63-54-31-15-12-28-50(54)51-35-34-45(38-55(51)63)44-23-17-24-46(37-44)62-52-29-13-10-26-48(52)49-27-11-14-30-53(49)62/h3-31,33-39H,1,32H2,2H3/b40-33+. The van der Waals surface area contributed by atoms with Gasteiger partial charge in [0.05, 0.1) is 22.1 Å². The highest BCUT2D eigenvalue weighted by molar-refractivity contribution is 6.11. The average molecular weight is 810 g/mol. The van der Waals surface area contributed by atoms with E-state index >= 15 is 0 Å². The Bertz CT molecular complexity index is 3410. The average Bonchev–Trinajstić information content (AvgIpc) is 3.87. The molecular formula is C58H43N5. The lowest BCUT2D eigenvalue weighted by atomic mass is 9.99. The zero-order valence-corrected chi connectivity index (χ0v) is 34.9. The maximum atomic E-state index is 5.00. The largest absolute Gasteiger partial charge is 0.309 e. The molecule has 0 fully saturated rings. The van der Waals surface area contributed by atoms with Crippen LogP contribution < -0.4 is 0 Å². The molecular weight excluding hydrogens is 767 g/mol. The third-order valence-corrected chi connectivity index (χ3v) is 12.2.